The summed E-state index contributed by atoms with van der Waals surface area (Å²) >= 11 is 0. The van der Waals surface area contributed by atoms with Crippen molar-refractivity contribution < 1.29 is 9.53 Å². The number of carbonyl (C=O) groups is 1. The zero-order valence-electron chi connectivity index (χ0n) is 12.3. The lowest BCUT2D eigenvalue weighted by atomic mass is 10.2. The fourth-order valence-electron chi connectivity index (χ4n) is 2.34. The van der Waals surface area contributed by atoms with Gasteiger partial charge in [0.15, 0.2) is 5.65 Å². The number of aromatic amines is 1. The summed E-state index contributed by atoms with van der Waals surface area (Å²) in [6, 6.07) is 11.4. The van der Waals surface area contributed by atoms with Crippen molar-refractivity contribution in [2.45, 2.75) is 13.8 Å². The zero-order chi connectivity index (χ0) is 15.7. The fourth-order valence-corrected chi connectivity index (χ4v) is 2.34. The maximum atomic E-state index is 12.5. The maximum absolute atomic E-state index is 12.5. The van der Waals surface area contributed by atoms with Gasteiger partial charge in [-0.25, -0.2) is 14.3 Å². The molecule has 0 atom stereocenters. The van der Waals surface area contributed by atoms with Gasteiger partial charge in [0.2, 0.25) is 0 Å². The van der Waals surface area contributed by atoms with Crippen LogP contribution in [0.4, 0.5) is 0 Å². The van der Waals surface area contributed by atoms with Crippen LogP contribution in [0.2, 0.25) is 0 Å². The van der Waals surface area contributed by atoms with E-state index in [0.29, 0.717) is 11.3 Å². The first kappa shape index (κ1) is 14.1. The molecule has 6 heteroatoms. The largest absolute Gasteiger partial charge is 0.462 e. The minimum Gasteiger partial charge on any atom is -0.462 e. The van der Waals surface area contributed by atoms with Crippen LogP contribution in [0.1, 0.15) is 23.0 Å². The second-order valence-corrected chi connectivity index (χ2v) is 4.83. The average Bonchev–Trinajstić information content (AvgIpc) is 2.92. The quantitative estimate of drug-likeness (QED) is 0.752. The Morgan fingerprint density at radius 1 is 1.32 bits per heavy atom. The summed E-state index contributed by atoms with van der Waals surface area (Å²) in [7, 11) is 0. The van der Waals surface area contributed by atoms with Gasteiger partial charge in [0, 0.05) is 6.07 Å². The highest BCUT2D eigenvalue weighted by atomic mass is 16.5. The molecule has 0 spiro atoms. The number of rotatable bonds is 3. The Kier molecular flexibility index (Phi) is 3.50. The molecule has 0 aliphatic heterocycles. The van der Waals surface area contributed by atoms with Crippen molar-refractivity contribution >= 4 is 11.6 Å². The Labute approximate surface area is 126 Å². The van der Waals surface area contributed by atoms with Crippen LogP contribution in [-0.2, 0) is 4.74 Å². The molecule has 0 saturated carbocycles. The molecule has 3 rings (SSSR count). The number of ether oxygens (including phenoxy) is 1. The number of aryl methyl sites for hydroxylation is 1. The fraction of sp³-hybridized carbons (Fsp3) is 0.188. The van der Waals surface area contributed by atoms with Gasteiger partial charge in [0.1, 0.15) is 5.56 Å². The van der Waals surface area contributed by atoms with Crippen LogP contribution < -0.4 is 5.56 Å². The van der Waals surface area contributed by atoms with Gasteiger partial charge >= 0.3 is 5.97 Å². The van der Waals surface area contributed by atoms with E-state index in [9.17, 15) is 9.59 Å². The summed E-state index contributed by atoms with van der Waals surface area (Å²) in [5.41, 5.74) is 2.02. The first-order valence-corrected chi connectivity index (χ1v) is 6.96. The van der Waals surface area contributed by atoms with Crippen LogP contribution in [0, 0.1) is 6.92 Å². The third-order valence-electron chi connectivity index (χ3n) is 3.36. The minimum absolute atomic E-state index is 0.0409. The van der Waals surface area contributed by atoms with Gasteiger partial charge in [-0.05, 0) is 19.4 Å². The molecule has 2 heterocycles. The Hall–Kier alpha value is -2.89. The van der Waals surface area contributed by atoms with Gasteiger partial charge in [-0.3, -0.25) is 9.89 Å². The first-order valence-electron chi connectivity index (χ1n) is 6.96. The summed E-state index contributed by atoms with van der Waals surface area (Å²) < 4.78 is 6.19. The Morgan fingerprint density at radius 3 is 2.73 bits per heavy atom. The van der Waals surface area contributed by atoms with E-state index < -0.39 is 11.5 Å². The molecule has 0 unspecified atom stereocenters. The molecular formula is C16H15N3O3. The lowest BCUT2D eigenvalue weighted by Crippen LogP contribution is -2.26. The lowest BCUT2D eigenvalue weighted by molar-refractivity contribution is 0.0522. The normalized spacial score (nSPS) is 10.8. The summed E-state index contributed by atoms with van der Waals surface area (Å²) in [5, 5.41) is 2.98. The monoisotopic (exact) mass is 297 g/mol. The topological polar surface area (TPSA) is 76.5 Å². The van der Waals surface area contributed by atoms with Crippen molar-refractivity contribution in [2.24, 2.45) is 0 Å². The smallest absolute Gasteiger partial charge is 0.345 e. The van der Waals surface area contributed by atoms with E-state index in [1.165, 1.54) is 4.52 Å². The Balaban J connectivity index is 2.20. The molecule has 22 heavy (non-hydrogen) atoms. The average molecular weight is 297 g/mol. The number of fused-ring (bicyclic) bond motifs is 1. The van der Waals surface area contributed by atoms with Crippen LogP contribution in [0.15, 0.2) is 41.2 Å². The number of carbonyl (C=O) groups excluding carboxylic acids is 1. The SMILES string of the molecule is CCOC(=O)c1c(C)nc2cc(-c3ccccc3)[nH]n2c1=O. The molecule has 1 aromatic carbocycles. The molecule has 0 fully saturated rings. The molecule has 0 saturated heterocycles. The third kappa shape index (κ3) is 2.28. The van der Waals surface area contributed by atoms with Crippen LogP contribution in [-0.4, -0.2) is 27.2 Å². The Bertz CT molecular complexity index is 894. The summed E-state index contributed by atoms with van der Waals surface area (Å²) in [6.07, 6.45) is 0. The predicted molar refractivity (Wildman–Crippen MR) is 81.9 cm³/mol. The van der Waals surface area contributed by atoms with Crippen LogP contribution in [0.3, 0.4) is 0 Å². The summed E-state index contributed by atoms with van der Waals surface area (Å²) in [6.45, 7) is 3.53. The molecular weight excluding hydrogens is 282 g/mol. The lowest BCUT2D eigenvalue weighted by Gasteiger charge is -2.04. The van der Waals surface area contributed by atoms with Gasteiger partial charge < -0.3 is 4.74 Å². The second-order valence-electron chi connectivity index (χ2n) is 4.83. The number of esters is 1. The standard InChI is InChI=1S/C16H15N3O3/c1-3-22-16(21)14-10(2)17-13-9-12(18-19(13)15(14)20)11-7-5-4-6-8-11/h4-9,18H,3H2,1-2H3. The van der Waals surface area contributed by atoms with Crippen LogP contribution >= 0.6 is 0 Å². The van der Waals surface area contributed by atoms with Gasteiger partial charge in [-0.15, -0.1) is 0 Å². The van der Waals surface area contributed by atoms with Gasteiger partial charge in [0.05, 0.1) is 18.0 Å². The van der Waals surface area contributed by atoms with Crippen molar-refractivity contribution in [2.75, 3.05) is 6.61 Å². The molecule has 0 bridgehead atoms. The molecule has 0 aliphatic rings. The zero-order valence-corrected chi connectivity index (χ0v) is 12.3. The summed E-state index contributed by atoms with van der Waals surface area (Å²) in [5.74, 6) is -0.650. The van der Waals surface area contributed by atoms with Crippen molar-refractivity contribution in [1.82, 2.24) is 14.6 Å². The Morgan fingerprint density at radius 2 is 2.05 bits per heavy atom. The van der Waals surface area contributed by atoms with Gasteiger partial charge in [0.25, 0.3) is 5.56 Å². The second kappa shape index (κ2) is 5.48. The molecule has 0 radical (unpaired) electrons. The molecule has 0 amide bonds. The maximum Gasteiger partial charge on any atom is 0.345 e. The van der Waals surface area contributed by atoms with Crippen molar-refractivity contribution in [1.29, 1.82) is 0 Å². The number of benzene rings is 1. The van der Waals surface area contributed by atoms with Gasteiger partial charge in [-0.1, -0.05) is 30.3 Å². The van der Waals surface area contributed by atoms with E-state index in [1.54, 1.807) is 19.9 Å². The number of H-pyrrole nitrogens is 1. The van der Waals surface area contributed by atoms with E-state index in [1.807, 2.05) is 30.3 Å². The van der Waals surface area contributed by atoms with Crippen LogP contribution in [0.25, 0.3) is 16.9 Å². The molecule has 1 N–H and O–H groups in total. The first-order chi connectivity index (χ1) is 10.6. The molecule has 3 aromatic rings. The van der Waals surface area contributed by atoms with E-state index in [4.69, 9.17) is 4.74 Å². The van der Waals surface area contributed by atoms with Crippen LogP contribution in [0.5, 0.6) is 0 Å². The van der Waals surface area contributed by atoms with Crippen molar-refractivity contribution in [3.8, 4) is 11.3 Å². The molecule has 6 nitrogen and oxygen atoms in total. The van der Waals surface area contributed by atoms with Crippen molar-refractivity contribution in [3.05, 3.63) is 58.0 Å². The third-order valence-corrected chi connectivity index (χ3v) is 3.36. The molecule has 112 valence electrons. The van der Waals surface area contributed by atoms with E-state index >= 15 is 0 Å². The number of nitrogens with zero attached hydrogens (tertiary/aromatic N) is 2. The van der Waals surface area contributed by atoms with E-state index in [0.717, 1.165) is 11.3 Å². The van der Waals surface area contributed by atoms with E-state index in [2.05, 4.69) is 10.1 Å². The minimum atomic E-state index is -0.650. The highest BCUT2D eigenvalue weighted by Crippen LogP contribution is 2.18. The highest BCUT2D eigenvalue weighted by Gasteiger charge is 2.19. The van der Waals surface area contributed by atoms with E-state index in [-0.39, 0.29) is 12.2 Å². The number of nitrogens with one attached hydrogen (secondary N) is 1. The summed E-state index contributed by atoms with van der Waals surface area (Å²) in [4.78, 5) is 28.7. The number of aromatic nitrogens is 3. The molecule has 0 aliphatic carbocycles. The number of hydrogen-bond acceptors (Lipinski definition) is 4. The number of hydrogen-bond donors (Lipinski definition) is 1. The highest BCUT2D eigenvalue weighted by molar-refractivity contribution is 5.90. The van der Waals surface area contributed by atoms with Gasteiger partial charge in [-0.2, -0.15) is 0 Å². The molecule has 2 aromatic heterocycles. The predicted octanol–water partition coefficient (Wildman–Crippen LogP) is 2.17. The van der Waals surface area contributed by atoms with Crippen molar-refractivity contribution in [3.63, 3.8) is 0 Å².